The van der Waals surface area contributed by atoms with Crippen LogP contribution in [0.5, 0.6) is 0 Å². The van der Waals surface area contributed by atoms with Gasteiger partial charge in [-0.05, 0) is 57.8 Å². The van der Waals surface area contributed by atoms with Gasteiger partial charge < -0.3 is 14.9 Å². The molecular formula is C18H31NO6. The van der Waals surface area contributed by atoms with Gasteiger partial charge in [0.05, 0.1) is 0 Å². The van der Waals surface area contributed by atoms with E-state index in [9.17, 15) is 24.6 Å². The lowest BCUT2D eigenvalue weighted by Crippen LogP contribution is -2.56. The van der Waals surface area contributed by atoms with Crippen LogP contribution in [0.2, 0.25) is 0 Å². The molecule has 1 rings (SSSR count). The fourth-order valence-corrected chi connectivity index (χ4v) is 3.39. The lowest BCUT2D eigenvalue weighted by Gasteiger charge is -2.41. The van der Waals surface area contributed by atoms with E-state index >= 15 is 0 Å². The van der Waals surface area contributed by atoms with Gasteiger partial charge in [-0.3, -0.25) is 4.90 Å². The van der Waals surface area contributed by atoms with Crippen molar-refractivity contribution >= 4 is 18.0 Å². The standard InChI is InChI=1S/C18H31NO6/c1-17(2,3)11-7-9-12(10-8-11)19(16(23)24)13(14(20)21)15(22)25-18(4,5)6/h11-13H,7-10H2,1-6H3,(H,20,21)(H,23,24). The molecule has 7 heteroatoms. The highest BCUT2D eigenvalue weighted by Crippen LogP contribution is 2.39. The third-order valence-corrected chi connectivity index (χ3v) is 4.68. The summed E-state index contributed by atoms with van der Waals surface area (Å²) in [6.45, 7) is 11.3. The minimum Gasteiger partial charge on any atom is -0.479 e. The predicted molar refractivity (Wildman–Crippen MR) is 92.3 cm³/mol. The van der Waals surface area contributed by atoms with Crippen LogP contribution in [0, 0.1) is 11.3 Å². The molecule has 0 aromatic heterocycles. The molecule has 25 heavy (non-hydrogen) atoms. The maximum atomic E-state index is 12.3. The SMILES string of the molecule is CC(C)(C)OC(=O)C(C(=O)O)N(C(=O)O)C1CCC(C(C)(C)C)CC1. The molecule has 7 nitrogen and oxygen atoms in total. The average molecular weight is 357 g/mol. The van der Waals surface area contributed by atoms with Gasteiger partial charge in [-0.15, -0.1) is 0 Å². The molecule has 1 fully saturated rings. The van der Waals surface area contributed by atoms with Crippen LogP contribution in [-0.2, 0) is 14.3 Å². The molecule has 0 radical (unpaired) electrons. The molecule has 1 amide bonds. The topological polar surface area (TPSA) is 104 Å². The summed E-state index contributed by atoms with van der Waals surface area (Å²) in [6.07, 6.45) is 1.29. The van der Waals surface area contributed by atoms with E-state index in [0.29, 0.717) is 18.8 Å². The fraction of sp³-hybridized carbons (Fsp3) is 0.833. The van der Waals surface area contributed by atoms with Crippen LogP contribution in [-0.4, -0.2) is 50.8 Å². The molecule has 1 aliphatic carbocycles. The van der Waals surface area contributed by atoms with Gasteiger partial charge in [-0.2, -0.15) is 0 Å². The Morgan fingerprint density at radius 2 is 1.44 bits per heavy atom. The summed E-state index contributed by atoms with van der Waals surface area (Å²) in [4.78, 5) is 36.5. The van der Waals surface area contributed by atoms with Crippen LogP contribution < -0.4 is 0 Å². The number of rotatable bonds is 4. The zero-order valence-corrected chi connectivity index (χ0v) is 16.0. The number of amides is 1. The van der Waals surface area contributed by atoms with E-state index in [1.165, 1.54) is 0 Å². The van der Waals surface area contributed by atoms with Crippen molar-refractivity contribution in [3.05, 3.63) is 0 Å². The second-order valence-corrected chi connectivity index (χ2v) is 8.84. The van der Waals surface area contributed by atoms with Gasteiger partial charge in [-0.25, -0.2) is 14.4 Å². The number of ether oxygens (including phenoxy) is 1. The van der Waals surface area contributed by atoms with Crippen molar-refractivity contribution in [2.45, 2.75) is 84.9 Å². The van der Waals surface area contributed by atoms with Crippen LogP contribution in [0.15, 0.2) is 0 Å². The lowest BCUT2D eigenvalue weighted by atomic mass is 9.71. The van der Waals surface area contributed by atoms with Gasteiger partial charge in [0.15, 0.2) is 0 Å². The Kier molecular flexibility index (Phi) is 6.48. The third-order valence-electron chi connectivity index (χ3n) is 4.68. The number of aliphatic carboxylic acids is 1. The number of hydrogen-bond acceptors (Lipinski definition) is 4. The zero-order valence-electron chi connectivity index (χ0n) is 16.0. The van der Waals surface area contributed by atoms with E-state index in [1.807, 2.05) is 0 Å². The first-order chi connectivity index (χ1) is 11.2. The molecule has 0 spiro atoms. The summed E-state index contributed by atoms with van der Waals surface area (Å²) in [5, 5.41) is 19.0. The second-order valence-electron chi connectivity index (χ2n) is 8.84. The Bertz CT molecular complexity index is 509. The molecule has 1 saturated carbocycles. The Hall–Kier alpha value is -1.79. The summed E-state index contributed by atoms with van der Waals surface area (Å²) in [5.41, 5.74) is -0.769. The molecule has 1 atom stereocenters. The van der Waals surface area contributed by atoms with Crippen molar-refractivity contribution in [3.63, 3.8) is 0 Å². The number of carboxylic acids is 1. The summed E-state index contributed by atoms with van der Waals surface area (Å²) in [5.74, 6) is -2.10. The highest BCUT2D eigenvalue weighted by Gasteiger charge is 2.44. The van der Waals surface area contributed by atoms with Crippen LogP contribution in [0.3, 0.4) is 0 Å². The van der Waals surface area contributed by atoms with E-state index in [-0.39, 0.29) is 5.41 Å². The minimum absolute atomic E-state index is 0.121. The third kappa shape index (κ3) is 5.90. The van der Waals surface area contributed by atoms with E-state index in [4.69, 9.17) is 4.74 Å². The highest BCUT2D eigenvalue weighted by atomic mass is 16.6. The Morgan fingerprint density at radius 1 is 0.960 bits per heavy atom. The smallest absolute Gasteiger partial charge is 0.408 e. The van der Waals surface area contributed by atoms with Gasteiger partial charge in [0.25, 0.3) is 0 Å². The molecule has 1 aliphatic rings. The van der Waals surface area contributed by atoms with Crippen LogP contribution in [0.4, 0.5) is 4.79 Å². The Balaban J connectivity index is 2.99. The monoisotopic (exact) mass is 357 g/mol. The van der Waals surface area contributed by atoms with Crippen molar-refractivity contribution < 1.29 is 29.3 Å². The van der Waals surface area contributed by atoms with Gasteiger partial charge in [0.1, 0.15) is 5.60 Å². The Morgan fingerprint density at radius 3 is 1.76 bits per heavy atom. The number of esters is 1. The number of hydrogen-bond donors (Lipinski definition) is 2. The number of carbonyl (C=O) groups is 3. The summed E-state index contributed by atoms with van der Waals surface area (Å²) >= 11 is 0. The molecule has 0 heterocycles. The summed E-state index contributed by atoms with van der Waals surface area (Å²) in [7, 11) is 0. The van der Waals surface area contributed by atoms with Crippen molar-refractivity contribution in [1.29, 1.82) is 0 Å². The normalized spacial score (nSPS) is 22.8. The molecule has 144 valence electrons. The molecule has 2 N–H and O–H groups in total. The quantitative estimate of drug-likeness (QED) is 0.590. The first-order valence-electron chi connectivity index (χ1n) is 8.71. The van der Waals surface area contributed by atoms with Crippen molar-refractivity contribution in [2.75, 3.05) is 0 Å². The van der Waals surface area contributed by atoms with Crippen LogP contribution in [0.1, 0.15) is 67.2 Å². The van der Waals surface area contributed by atoms with Gasteiger partial charge in [0, 0.05) is 6.04 Å². The number of carboxylic acid groups (broad SMARTS) is 2. The molecule has 0 aromatic carbocycles. The Labute approximate surface area is 149 Å². The van der Waals surface area contributed by atoms with E-state index in [2.05, 4.69) is 20.8 Å². The highest BCUT2D eigenvalue weighted by molar-refractivity contribution is 6.01. The van der Waals surface area contributed by atoms with E-state index < -0.39 is 35.7 Å². The molecular weight excluding hydrogens is 326 g/mol. The number of carbonyl (C=O) groups excluding carboxylic acids is 1. The van der Waals surface area contributed by atoms with Crippen molar-refractivity contribution in [3.8, 4) is 0 Å². The van der Waals surface area contributed by atoms with Crippen molar-refractivity contribution in [2.24, 2.45) is 11.3 Å². The minimum atomic E-state index is -1.84. The number of nitrogens with zero attached hydrogens (tertiary/aromatic N) is 1. The maximum absolute atomic E-state index is 12.3. The molecule has 0 aliphatic heterocycles. The first kappa shape index (κ1) is 21.3. The van der Waals surface area contributed by atoms with Gasteiger partial charge >= 0.3 is 18.0 Å². The van der Waals surface area contributed by atoms with Gasteiger partial charge in [0.2, 0.25) is 6.04 Å². The lowest BCUT2D eigenvalue weighted by molar-refractivity contribution is -0.169. The van der Waals surface area contributed by atoms with Crippen molar-refractivity contribution in [1.82, 2.24) is 4.90 Å². The van der Waals surface area contributed by atoms with Gasteiger partial charge in [-0.1, -0.05) is 20.8 Å². The maximum Gasteiger partial charge on any atom is 0.408 e. The zero-order chi connectivity index (χ0) is 19.6. The fourth-order valence-electron chi connectivity index (χ4n) is 3.39. The summed E-state index contributed by atoms with van der Waals surface area (Å²) in [6, 6.07) is -2.34. The van der Waals surface area contributed by atoms with Crippen LogP contribution >= 0.6 is 0 Å². The largest absolute Gasteiger partial charge is 0.479 e. The first-order valence-corrected chi connectivity index (χ1v) is 8.71. The molecule has 0 aromatic rings. The predicted octanol–water partition coefficient (Wildman–Crippen LogP) is 3.37. The van der Waals surface area contributed by atoms with E-state index in [1.54, 1.807) is 20.8 Å². The summed E-state index contributed by atoms with van der Waals surface area (Å²) < 4.78 is 5.13. The molecule has 0 bridgehead atoms. The second kappa shape index (κ2) is 7.62. The molecule has 0 saturated heterocycles. The average Bonchev–Trinajstić information content (AvgIpc) is 2.40. The van der Waals surface area contributed by atoms with Crippen LogP contribution in [0.25, 0.3) is 0 Å². The van der Waals surface area contributed by atoms with E-state index in [0.717, 1.165) is 17.7 Å². The molecule has 1 unspecified atom stereocenters.